The molecule has 94 valence electrons. The molecule has 0 saturated carbocycles. The average Bonchev–Trinajstić information content (AvgIpc) is 2.82. The van der Waals surface area contributed by atoms with Gasteiger partial charge in [0.25, 0.3) is 0 Å². The van der Waals surface area contributed by atoms with E-state index in [2.05, 4.69) is 15.0 Å². The van der Waals surface area contributed by atoms with Crippen LogP contribution in [-0.4, -0.2) is 30.4 Å². The first kappa shape index (κ1) is 11.3. The maximum Gasteiger partial charge on any atom is 0.307 e. The van der Waals surface area contributed by atoms with Gasteiger partial charge in [-0.2, -0.15) is 0 Å². The SMILES string of the molecule is O=C(O)Cc1cnccc1-c1cnc2ncccn12. The second kappa shape index (κ2) is 4.49. The number of hydrogen-bond donors (Lipinski definition) is 1. The van der Waals surface area contributed by atoms with E-state index in [9.17, 15) is 4.79 Å². The van der Waals surface area contributed by atoms with Crippen LogP contribution in [0, 0.1) is 0 Å². The zero-order chi connectivity index (χ0) is 13.2. The molecular formula is C13H10N4O2. The summed E-state index contributed by atoms with van der Waals surface area (Å²) >= 11 is 0. The van der Waals surface area contributed by atoms with E-state index in [-0.39, 0.29) is 6.42 Å². The van der Waals surface area contributed by atoms with Crippen LogP contribution in [0.2, 0.25) is 0 Å². The van der Waals surface area contributed by atoms with Crippen molar-refractivity contribution in [3.63, 3.8) is 0 Å². The van der Waals surface area contributed by atoms with Crippen LogP contribution in [0.25, 0.3) is 17.0 Å². The Balaban J connectivity index is 2.19. The predicted octanol–water partition coefficient (Wildman–Crippen LogP) is 1.42. The predicted molar refractivity (Wildman–Crippen MR) is 67.6 cm³/mol. The van der Waals surface area contributed by atoms with Gasteiger partial charge in [-0.25, -0.2) is 9.97 Å². The molecule has 6 heteroatoms. The topological polar surface area (TPSA) is 80.4 Å². The van der Waals surface area contributed by atoms with Crippen molar-refractivity contribution in [2.75, 3.05) is 0 Å². The van der Waals surface area contributed by atoms with Crippen molar-refractivity contribution in [3.05, 3.63) is 48.7 Å². The Labute approximate surface area is 108 Å². The zero-order valence-corrected chi connectivity index (χ0v) is 9.89. The van der Waals surface area contributed by atoms with Crippen molar-refractivity contribution in [2.45, 2.75) is 6.42 Å². The van der Waals surface area contributed by atoms with Gasteiger partial charge < -0.3 is 5.11 Å². The first-order valence-corrected chi connectivity index (χ1v) is 5.69. The second-order valence-corrected chi connectivity index (χ2v) is 4.04. The van der Waals surface area contributed by atoms with E-state index in [0.29, 0.717) is 11.3 Å². The van der Waals surface area contributed by atoms with Crippen LogP contribution in [-0.2, 0) is 11.2 Å². The van der Waals surface area contributed by atoms with Gasteiger partial charge >= 0.3 is 5.97 Å². The minimum Gasteiger partial charge on any atom is -0.481 e. The molecule has 3 rings (SSSR count). The number of carboxylic acids is 1. The van der Waals surface area contributed by atoms with Crippen LogP contribution in [0.5, 0.6) is 0 Å². The average molecular weight is 254 g/mol. The zero-order valence-electron chi connectivity index (χ0n) is 9.89. The summed E-state index contributed by atoms with van der Waals surface area (Å²) in [7, 11) is 0. The van der Waals surface area contributed by atoms with Crippen molar-refractivity contribution < 1.29 is 9.90 Å². The normalized spacial score (nSPS) is 10.7. The molecule has 0 amide bonds. The third-order valence-corrected chi connectivity index (χ3v) is 2.81. The molecule has 0 aliphatic carbocycles. The summed E-state index contributed by atoms with van der Waals surface area (Å²) in [6, 6.07) is 3.59. The highest BCUT2D eigenvalue weighted by atomic mass is 16.4. The third kappa shape index (κ3) is 2.03. The van der Waals surface area contributed by atoms with Gasteiger partial charge in [0.15, 0.2) is 0 Å². The van der Waals surface area contributed by atoms with Crippen molar-refractivity contribution in [2.24, 2.45) is 0 Å². The number of hydrogen-bond acceptors (Lipinski definition) is 4. The van der Waals surface area contributed by atoms with Gasteiger partial charge in [0.2, 0.25) is 5.78 Å². The highest BCUT2D eigenvalue weighted by molar-refractivity contribution is 5.75. The standard InChI is InChI=1S/C13H10N4O2/c18-12(19)6-9-7-14-4-2-10(9)11-8-16-13-15-3-1-5-17(11)13/h1-5,7-8H,6H2,(H,18,19). The summed E-state index contributed by atoms with van der Waals surface area (Å²) in [6.07, 6.45) is 8.32. The quantitative estimate of drug-likeness (QED) is 0.764. The monoisotopic (exact) mass is 254 g/mol. The first-order chi connectivity index (χ1) is 9.25. The fraction of sp³-hybridized carbons (Fsp3) is 0.0769. The van der Waals surface area contributed by atoms with Crippen LogP contribution >= 0.6 is 0 Å². The lowest BCUT2D eigenvalue weighted by Gasteiger charge is -2.06. The van der Waals surface area contributed by atoms with Gasteiger partial charge in [-0.05, 0) is 17.7 Å². The number of nitrogens with zero attached hydrogens (tertiary/aromatic N) is 4. The summed E-state index contributed by atoms with van der Waals surface area (Å²) in [5.74, 6) is -0.309. The number of carboxylic acid groups (broad SMARTS) is 1. The highest BCUT2D eigenvalue weighted by Gasteiger charge is 2.12. The number of fused-ring (bicyclic) bond motifs is 1. The lowest BCUT2D eigenvalue weighted by Crippen LogP contribution is -2.03. The van der Waals surface area contributed by atoms with Gasteiger partial charge in [-0.15, -0.1) is 0 Å². The van der Waals surface area contributed by atoms with Crippen LogP contribution in [0.4, 0.5) is 0 Å². The van der Waals surface area contributed by atoms with Gasteiger partial charge in [0.05, 0.1) is 18.3 Å². The largest absolute Gasteiger partial charge is 0.481 e. The van der Waals surface area contributed by atoms with E-state index in [1.54, 1.807) is 36.9 Å². The maximum absolute atomic E-state index is 10.9. The van der Waals surface area contributed by atoms with Crippen molar-refractivity contribution in [1.29, 1.82) is 0 Å². The summed E-state index contributed by atoms with van der Waals surface area (Å²) in [5.41, 5.74) is 2.26. The minimum atomic E-state index is -0.888. The molecule has 0 aliphatic rings. The van der Waals surface area contributed by atoms with E-state index in [1.165, 1.54) is 0 Å². The smallest absolute Gasteiger partial charge is 0.307 e. The van der Waals surface area contributed by atoms with E-state index >= 15 is 0 Å². The van der Waals surface area contributed by atoms with E-state index in [4.69, 9.17) is 5.11 Å². The molecule has 0 spiro atoms. The van der Waals surface area contributed by atoms with E-state index in [0.717, 1.165) is 11.3 Å². The molecule has 0 fully saturated rings. The molecule has 0 radical (unpaired) electrons. The molecule has 0 saturated heterocycles. The van der Waals surface area contributed by atoms with Crippen LogP contribution in [0.3, 0.4) is 0 Å². The number of rotatable bonds is 3. The summed E-state index contributed by atoms with van der Waals surface area (Å²) in [6.45, 7) is 0. The maximum atomic E-state index is 10.9. The van der Waals surface area contributed by atoms with Crippen molar-refractivity contribution >= 4 is 11.7 Å². The summed E-state index contributed by atoms with van der Waals surface area (Å²) < 4.78 is 1.82. The minimum absolute atomic E-state index is 0.0727. The molecule has 0 atom stereocenters. The number of aliphatic carboxylic acids is 1. The van der Waals surface area contributed by atoms with E-state index < -0.39 is 5.97 Å². The molecular weight excluding hydrogens is 244 g/mol. The summed E-state index contributed by atoms with van der Waals surface area (Å²) in [5, 5.41) is 8.94. The Morgan fingerprint density at radius 2 is 2.16 bits per heavy atom. The number of imidazole rings is 1. The number of carbonyl (C=O) groups is 1. The van der Waals surface area contributed by atoms with Crippen molar-refractivity contribution in [3.8, 4) is 11.3 Å². The molecule has 3 heterocycles. The van der Waals surface area contributed by atoms with Crippen LogP contribution < -0.4 is 0 Å². The molecule has 3 aromatic rings. The van der Waals surface area contributed by atoms with Gasteiger partial charge in [-0.1, -0.05) is 0 Å². The van der Waals surface area contributed by atoms with Crippen LogP contribution in [0.15, 0.2) is 43.1 Å². The molecule has 3 aromatic heterocycles. The van der Waals surface area contributed by atoms with Gasteiger partial charge in [0, 0.05) is 30.4 Å². The van der Waals surface area contributed by atoms with E-state index in [1.807, 2.05) is 10.6 Å². The molecule has 6 nitrogen and oxygen atoms in total. The highest BCUT2D eigenvalue weighted by Crippen LogP contribution is 2.23. The lowest BCUT2D eigenvalue weighted by molar-refractivity contribution is -0.136. The summed E-state index contributed by atoms with van der Waals surface area (Å²) in [4.78, 5) is 23.2. The molecule has 19 heavy (non-hydrogen) atoms. The number of pyridine rings is 1. The molecule has 0 unspecified atom stereocenters. The van der Waals surface area contributed by atoms with Gasteiger partial charge in [0.1, 0.15) is 0 Å². The second-order valence-electron chi connectivity index (χ2n) is 4.04. The van der Waals surface area contributed by atoms with Crippen LogP contribution in [0.1, 0.15) is 5.56 Å². The Hall–Kier alpha value is -2.76. The molecule has 0 bridgehead atoms. The van der Waals surface area contributed by atoms with Crippen molar-refractivity contribution in [1.82, 2.24) is 19.4 Å². The Morgan fingerprint density at radius 3 is 3.00 bits per heavy atom. The molecule has 0 aromatic carbocycles. The fourth-order valence-corrected chi connectivity index (χ4v) is 2.01. The molecule has 1 N–H and O–H groups in total. The molecule has 0 aliphatic heterocycles. The lowest BCUT2D eigenvalue weighted by atomic mass is 10.1. The first-order valence-electron chi connectivity index (χ1n) is 5.69. The van der Waals surface area contributed by atoms with Gasteiger partial charge in [-0.3, -0.25) is 14.2 Å². The Bertz CT molecular complexity index is 751. The number of aromatic nitrogens is 4. The Morgan fingerprint density at radius 1 is 1.26 bits per heavy atom. The fourth-order valence-electron chi connectivity index (χ4n) is 2.01. The Kier molecular flexibility index (Phi) is 2.68. The third-order valence-electron chi connectivity index (χ3n) is 2.81.